The van der Waals surface area contributed by atoms with E-state index < -0.39 is 0 Å². The van der Waals surface area contributed by atoms with Gasteiger partial charge in [-0.1, -0.05) is 42.8 Å². The van der Waals surface area contributed by atoms with E-state index in [-0.39, 0.29) is 24.0 Å². The van der Waals surface area contributed by atoms with Crippen LogP contribution in [0.3, 0.4) is 0 Å². The van der Waals surface area contributed by atoms with Gasteiger partial charge in [-0.25, -0.2) is 0 Å². The fraction of sp³-hybridized carbons (Fsp3) is 0.500. The van der Waals surface area contributed by atoms with E-state index in [0.717, 1.165) is 44.4 Å². The Kier molecular flexibility index (Phi) is 12.0. The molecule has 1 saturated heterocycles. The van der Waals surface area contributed by atoms with Crippen LogP contribution in [-0.2, 0) is 13.1 Å². The number of methoxy groups -OCH3 is 1. The molecule has 1 atom stereocenters. The van der Waals surface area contributed by atoms with Crippen LogP contribution in [0.2, 0.25) is 0 Å². The van der Waals surface area contributed by atoms with Gasteiger partial charge < -0.3 is 20.3 Å². The lowest BCUT2D eigenvalue weighted by Gasteiger charge is -2.35. The van der Waals surface area contributed by atoms with Crippen molar-refractivity contribution >= 4 is 29.9 Å². The summed E-state index contributed by atoms with van der Waals surface area (Å²) in [6, 6.07) is 17.4. The minimum atomic E-state index is 0. The van der Waals surface area contributed by atoms with Gasteiger partial charge in [0.05, 0.1) is 13.2 Å². The first-order valence-electron chi connectivity index (χ1n) is 11.6. The molecule has 0 amide bonds. The molecule has 3 rings (SSSR count). The number of aliphatic imine (C=N–C) groups is 1. The number of piperidine rings is 1. The number of hydrogen-bond acceptors (Lipinski definition) is 4. The Hall–Kier alpha value is -1.84. The molecule has 33 heavy (non-hydrogen) atoms. The van der Waals surface area contributed by atoms with Crippen LogP contribution in [0.25, 0.3) is 0 Å². The summed E-state index contributed by atoms with van der Waals surface area (Å²) in [5.41, 5.74) is 3.95. The van der Waals surface area contributed by atoms with Crippen LogP contribution in [0.5, 0.6) is 5.75 Å². The van der Waals surface area contributed by atoms with Gasteiger partial charge >= 0.3 is 0 Å². The summed E-state index contributed by atoms with van der Waals surface area (Å²) in [7, 11) is 7.75. The molecule has 0 bridgehead atoms. The van der Waals surface area contributed by atoms with Crippen molar-refractivity contribution in [3.63, 3.8) is 0 Å². The first-order chi connectivity index (χ1) is 15.6. The Morgan fingerprint density at radius 3 is 2.27 bits per heavy atom. The molecular formula is C26H40IN5O. The van der Waals surface area contributed by atoms with Crippen molar-refractivity contribution < 1.29 is 4.74 Å². The number of benzene rings is 2. The molecule has 1 aliphatic rings. The Morgan fingerprint density at radius 2 is 1.67 bits per heavy atom. The third-order valence-corrected chi connectivity index (χ3v) is 6.07. The van der Waals surface area contributed by atoms with E-state index in [1.807, 2.05) is 7.05 Å². The van der Waals surface area contributed by atoms with Crippen molar-refractivity contribution in [1.82, 2.24) is 20.4 Å². The molecule has 1 unspecified atom stereocenters. The maximum absolute atomic E-state index is 5.36. The second-order valence-corrected chi connectivity index (χ2v) is 8.70. The number of guanidine groups is 1. The summed E-state index contributed by atoms with van der Waals surface area (Å²) in [4.78, 5) is 9.27. The van der Waals surface area contributed by atoms with E-state index in [1.54, 1.807) is 7.11 Å². The highest BCUT2D eigenvalue weighted by Crippen LogP contribution is 2.25. The number of rotatable bonds is 9. The third-order valence-electron chi connectivity index (χ3n) is 6.07. The van der Waals surface area contributed by atoms with E-state index in [2.05, 4.69) is 88.1 Å². The molecular weight excluding hydrogens is 525 g/mol. The molecule has 2 aromatic rings. The fourth-order valence-corrected chi connectivity index (χ4v) is 4.33. The molecule has 7 heteroatoms. The average Bonchev–Trinajstić information content (AvgIpc) is 2.82. The predicted octanol–water partition coefficient (Wildman–Crippen LogP) is 4.27. The predicted molar refractivity (Wildman–Crippen MR) is 149 cm³/mol. The second kappa shape index (κ2) is 14.4. The average molecular weight is 566 g/mol. The van der Waals surface area contributed by atoms with Crippen molar-refractivity contribution in [3.05, 3.63) is 65.2 Å². The summed E-state index contributed by atoms with van der Waals surface area (Å²) >= 11 is 0. The molecule has 6 nitrogen and oxygen atoms in total. The van der Waals surface area contributed by atoms with Crippen molar-refractivity contribution in [2.24, 2.45) is 4.99 Å². The van der Waals surface area contributed by atoms with E-state index in [9.17, 15) is 0 Å². The zero-order valence-electron chi connectivity index (χ0n) is 20.5. The summed E-state index contributed by atoms with van der Waals surface area (Å²) in [5.74, 6) is 1.73. The molecule has 182 valence electrons. The quantitative estimate of drug-likeness (QED) is 0.270. The number of hydrogen-bond donors (Lipinski definition) is 2. The molecule has 1 aliphatic heterocycles. The van der Waals surface area contributed by atoms with Crippen LogP contribution in [0, 0.1) is 0 Å². The molecule has 0 aliphatic carbocycles. The van der Waals surface area contributed by atoms with Crippen LogP contribution in [-0.4, -0.2) is 63.6 Å². The van der Waals surface area contributed by atoms with Crippen LogP contribution >= 0.6 is 24.0 Å². The number of likely N-dealkylation sites (tertiary alicyclic amines) is 1. The van der Waals surface area contributed by atoms with Crippen LogP contribution in [0.1, 0.15) is 42.0 Å². The number of halogens is 1. The summed E-state index contributed by atoms with van der Waals surface area (Å²) in [6.07, 6.45) is 3.86. The van der Waals surface area contributed by atoms with E-state index in [1.165, 1.54) is 36.0 Å². The SMILES string of the molecule is CN=C(NCc1ccccc1CN(C)C)NCC(c1ccc(OC)cc1)N1CCCCC1.I. The lowest BCUT2D eigenvalue weighted by molar-refractivity contribution is 0.164. The van der Waals surface area contributed by atoms with Gasteiger partial charge in [0.25, 0.3) is 0 Å². The fourth-order valence-electron chi connectivity index (χ4n) is 4.33. The maximum atomic E-state index is 5.36. The van der Waals surface area contributed by atoms with Gasteiger partial charge in [-0.3, -0.25) is 9.89 Å². The van der Waals surface area contributed by atoms with Gasteiger partial charge in [-0.05, 0) is 68.8 Å². The van der Waals surface area contributed by atoms with Crippen molar-refractivity contribution in [2.45, 2.75) is 38.4 Å². The van der Waals surface area contributed by atoms with Crippen molar-refractivity contribution in [1.29, 1.82) is 0 Å². The highest BCUT2D eigenvalue weighted by atomic mass is 127. The monoisotopic (exact) mass is 565 g/mol. The lowest BCUT2D eigenvalue weighted by atomic mass is 10.0. The Balaban J connectivity index is 0.00000385. The maximum Gasteiger partial charge on any atom is 0.191 e. The number of nitrogens with one attached hydrogen (secondary N) is 2. The van der Waals surface area contributed by atoms with Gasteiger partial charge in [-0.15, -0.1) is 24.0 Å². The zero-order chi connectivity index (χ0) is 22.8. The topological polar surface area (TPSA) is 52.1 Å². The number of ether oxygens (including phenoxy) is 1. The Labute approximate surface area is 216 Å². The van der Waals surface area contributed by atoms with Gasteiger partial charge in [0.15, 0.2) is 5.96 Å². The second-order valence-electron chi connectivity index (χ2n) is 8.70. The minimum absolute atomic E-state index is 0. The zero-order valence-corrected chi connectivity index (χ0v) is 22.8. The summed E-state index contributed by atoms with van der Waals surface area (Å²) < 4.78 is 5.36. The Bertz CT molecular complexity index is 850. The molecule has 0 aromatic heterocycles. The first kappa shape index (κ1) is 27.4. The molecule has 1 fully saturated rings. The highest BCUT2D eigenvalue weighted by molar-refractivity contribution is 14.0. The summed E-state index contributed by atoms with van der Waals surface area (Å²) in [5, 5.41) is 7.09. The molecule has 1 heterocycles. The number of nitrogens with zero attached hydrogens (tertiary/aromatic N) is 3. The van der Waals surface area contributed by atoms with Crippen molar-refractivity contribution in [3.8, 4) is 5.75 Å². The first-order valence-corrected chi connectivity index (χ1v) is 11.6. The van der Waals surface area contributed by atoms with Gasteiger partial charge in [0, 0.05) is 26.7 Å². The standard InChI is InChI=1S/C26H39N5O.HI/c1-27-26(28-18-22-10-6-7-11-23(22)20-30(2)3)29-19-25(31-16-8-5-9-17-31)21-12-14-24(32-4)15-13-21;/h6-7,10-15,25H,5,8-9,16-20H2,1-4H3,(H2,27,28,29);1H. The molecule has 0 radical (unpaired) electrons. The van der Waals surface area contributed by atoms with E-state index in [0.29, 0.717) is 6.04 Å². The highest BCUT2D eigenvalue weighted by Gasteiger charge is 2.22. The molecule has 0 spiro atoms. The smallest absolute Gasteiger partial charge is 0.191 e. The molecule has 2 aromatic carbocycles. The summed E-state index contributed by atoms with van der Waals surface area (Å²) in [6.45, 7) is 4.77. The van der Waals surface area contributed by atoms with Gasteiger partial charge in [0.2, 0.25) is 0 Å². The third kappa shape index (κ3) is 8.46. The van der Waals surface area contributed by atoms with Crippen molar-refractivity contribution in [2.75, 3.05) is 47.9 Å². The minimum Gasteiger partial charge on any atom is -0.497 e. The van der Waals surface area contributed by atoms with Crippen LogP contribution in [0.15, 0.2) is 53.5 Å². The van der Waals surface area contributed by atoms with Gasteiger partial charge in [-0.2, -0.15) is 0 Å². The lowest BCUT2D eigenvalue weighted by Crippen LogP contribution is -2.44. The largest absolute Gasteiger partial charge is 0.497 e. The molecule has 2 N–H and O–H groups in total. The molecule has 0 saturated carbocycles. The van der Waals surface area contributed by atoms with Crippen LogP contribution < -0.4 is 15.4 Å². The van der Waals surface area contributed by atoms with Crippen LogP contribution in [0.4, 0.5) is 0 Å². The van der Waals surface area contributed by atoms with E-state index >= 15 is 0 Å². The Morgan fingerprint density at radius 1 is 1.00 bits per heavy atom. The van der Waals surface area contributed by atoms with E-state index in [4.69, 9.17) is 4.74 Å². The van der Waals surface area contributed by atoms with Gasteiger partial charge in [0.1, 0.15) is 5.75 Å². The normalized spacial score (nSPS) is 15.6.